The number of hydrogen-bond acceptors (Lipinski definition) is 1. The van der Waals surface area contributed by atoms with Gasteiger partial charge in [0.15, 0.2) is 0 Å². The van der Waals surface area contributed by atoms with Gasteiger partial charge in [-0.25, -0.2) is 0 Å². The SMILES string of the molecule is Clc1cc(C2CCCN2)c[nH]1. The van der Waals surface area contributed by atoms with Crippen LogP contribution in [0.2, 0.25) is 5.15 Å². The zero-order valence-electron chi connectivity index (χ0n) is 6.23. The minimum Gasteiger partial charge on any atom is -0.352 e. The van der Waals surface area contributed by atoms with Crippen molar-refractivity contribution in [1.82, 2.24) is 10.3 Å². The molecule has 1 saturated heterocycles. The van der Waals surface area contributed by atoms with Crippen molar-refractivity contribution in [2.75, 3.05) is 6.54 Å². The minimum absolute atomic E-state index is 0.527. The number of halogens is 1. The van der Waals surface area contributed by atoms with Gasteiger partial charge >= 0.3 is 0 Å². The molecule has 0 spiro atoms. The summed E-state index contributed by atoms with van der Waals surface area (Å²) in [6.45, 7) is 1.13. The van der Waals surface area contributed by atoms with E-state index in [1.165, 1.54) is 18.4 Å². The molecule has 60 valence electrons. The Kier molecular flexibility index (Phi) is 1.88. The van der Waals surface area contributed by atoms with Gasteiger partial charge in [0.1, 0.15) is 5.15 Å². The van der Waals surface area contributed by atoms with E-state index in [1.807, 2.05) is 12.3 Å². The van der Waals surface area contributed by atoms with Crippen LogP contribution in [-0.2, 0) is 0 Å². The predicted molar refractivity (Wildman–Crippen MR) is 45.8 cm³/mol. The van der Waals surface area contributed by atoms with Gasteiger partial charge in [0.2, 0.25) is 0 Å². The van der Waals surface area contributed by atoms with E-state index in [2.05, 4.69) is 10.3 Å². The van der Waals surface area contributed by atoms with Crippen LogP contribution >= 0.6 is 11.6 Å². The molecular formula is C8H11ClN2. The van der Waals surface area contributed by atoms with Crippen molar-refractivity contribution in [3.05, 3.63) is 23.0 Å². The van der Waals surface area contributed by atoms with Gasteiger partial charge in [-0.15, -0.1) is 0 Å². The average molecular weight is 171 g/mol. The third-order valence-electron chi connectivity index (χ3n) is 2.13. The number of aromatic amines is 1. The number of rotatable bonds is 1. The highest BCUT2D eigenvalue weighted by molar-refractivity contribution is 6.29. The molecule has 2 N–H and O–H groups in total. The molecule has 0 bridgehead atoms. The largest absolute Gasteiger partial charge is 0.352 e. The second-order valence-corrected chi connectivity index (χ2v) is 3.34. The van der Waals surface area contributed by atoms with E-state index >= 15 is 0 Å². The van der Waals surface area contributed by atoms with E-state index in [1.54, 1.807) is 0 Å². The molecule has 0 amide bonds. The molecule has 2 rings (SSSR count). The zero-order valence-corrected chi connectivity index (χ0v) is 6.99. The summed E-state index contributed by atoms with van der Waals surface area (Å²) in [7, 11) is 0. The van der Waals surface area contributed by atoms with E-state index in [0.29, 0.717) is 6.04 Å². The predicted octanol–water partition coefficient (Wildman–Crippen LogP) is 2.09. The van der Waals surface area contributed by atoms with Gasteiger partial charge in [-0.2, -0.15) is 0 Å². The lowest BCUT2D eigenvalue weighted by Gasteiger charge is -2.05. The monoisotopic (exact) mass is 170 g/mol. The quantitative estimate of drug-likeness (QED) is 0.664. The summed E-state index contributed by atoms with van der Waals surface area (Å²) in [4.78, 5) is 2.97. The molecule has 1 fully saturated rings. The second kappa shape index (κ2) is 2.88. The summed E-state index contributed by atoms with van der Waals surface area (Å²) in [5, 5.41) is 4.14. The lowest BCUT2D eigenvalue weighted by atomic mass is 10.1. The van der Waals surface area contributed by atoms with Gasteiger partial charge in [-0.3, -0.25) is 0 Å². The van der Waals surface area contributed by atoms with Gasteiger partial charge in [0.05, 0.1) is 0 Å². The first-order valence-electron chi connectivity index (χ1n) is 3.93. The van der Waals surface area contributed by atoms with Crippen LogP contribution < -0.4 is 5.32 Å². The molecule has 2 nitrogen and oxygen atoms in total. The fraction of sp³-hybridized carbons (Fsp3) is 0.500. The van der Waals surface area contributed by atoms with E-state index < -0.39 is 0 Å². The maximum absolute atomic E-state index is 5.76. The van der Waals surface area contributed by atoms with Gasteiger partial charge in [-0.1, -0.05) is 11.6 Å². The summed E-state index contributed by atoms with van der Waals surface area (Å²) >= 11 is 5.76. The Balaban J connectivity index is 2.15. The van der Waals surface area contributed by atoms with Crippen LogP contribution in [0.15, 0.2) is 12.3 Å². The molecule has 1 unspecified atom stereocenters. The van der Waals surface area contributed by atoms with Crippen LogP contribution in [-0.4, -0.2) is 11.5 Å². The fourth-order valence-corrected chi connectivity index (χ4v) is 1.73. The topological polar surface area (TPSA) is 27.8 Å². The number of H-pyrrole nitrogens is 1. The molecule has 1 atom stereocenters. The van der Waals surface area contributed by atoms with Crippen molar-refractivity contribution in [2.24, 2.45) is 0 Å². The van der Waals surface area contributed by atoms with Gasteiger partial charge in [0.25, 0.3) is 0 Å². The average Bonchev–Trinajstić information content (AvgIpc) is 2.55. The van der Waals surface area contributed by atoms with Crippen molar-refractivity contribution in [3.63, 3.8) is 0 Å². The fourth-order valence-electron chi connectivity index (χ4n) is 1.55. The summed E-state index contributed by atoms with van der Waals surface area (Å²) in [5.41, 5.74) is 1.28. The van der Waals surface area contributed by atoms with Crippen molar-refractivity contribution >= 4 is 11.6 Å². The van der Waals surface area contributed by atoms with E-state index in [-0.39, 0.29) is 0 Å². The van der Waals surface area contributed by atoms with E-state index in [0.717, 1.165) is 11.7 Å². The molecule has 0 aliphatic carbocycles. The van der Waals surface area contributed by atoms with Crippen LogP contribution in [0.1, 0.15) is 24.4 Å². The number of aromatic nitrogens is 1. The van der Waals surface area contributed by atoms with E-state index in [4.69, 9.17) is 11.6 Å². The number of nitrogens with one attached hydrogen (secondary N) is 2. The molecule has 1 aliphatic heterocycles. The summed E-state index contributed by atoms with van der Waals surface area (Å²) in [5.74, 6) is 0. The summed E-state index contributed by atoms with van der Waals surface area (Å²) in [6, 6.07) is 2.52. The molecule has 0 radical (unpaired) electrons. The molecule has 0 aromatic carbocycles. The molecule has 2 heterocycles. The molecular weight excluding hydrogens is 160 g/mol. The van der Waals surface area contributed by atoms with E-state index in [9.17, 15) is 0 Å². The first-order chi connectivity index (χ1) is 5.36. The lowest BCUT2D eigenvalue weighted by molar-refractivity contribution is 0.648. The van der Waals surface area contributed by atoms with Crippen LogP contribution in [0.25, 0.3) is 0 Å². The van der Waals surface area contributed by atoms with Crippen molar-refractivity contribution in [1.29, 1.82) is 0 Å². The van der Waals surface area contributed by atoms with Crippen LogP contribution in [0, 0.1) is 0 Å². The first kappa shape index (κ1) is 7.19. The Morgan fingerprint density at radius 1 is 1.55 bits per heavy atom. The highest BCUT2D eigenvalue weighted by atomic mass is 35.5. The van der Waals surface area contributed by atoms with Gasteiger partial charge in [0, 0.05) is 12.2 Å². The summed E-state index contributed by atoms with van der Waals surface area (Å²) in [6.07, 6.45) is 4.48. The smallest absolute Gasteiger partial charge is 0.106 e. The Labute approximate surface area is 70.9 Å². The van der Waals surface area contributed by atoms with Crippen molar-refractivity contribution in [3.8, 4) is 0 Å². The third kappa shape index (κ3) is 1.42. The molecule has 0 saturated carbocycles. The Morgan fingerprint density at radius 2 is 2.45 bits per heavy atom. The maximum atomic E-state index is 5.76. The lowest BCUT2D eigenvalue weighted by Crippen LogP contribution is -2.11. The minimum atomic E-state index is 0.527. The third-order valence-corrected chi connectivity index (χ3v) is 2.35. The van der Waals surface area contributed by atoms with Gasteiger partial charge in [-0.05, 0) is 31.0 Å². The number of hydrogen-bond donors (Lipinski definition) is 2. The Bertz CT molecular complexity index is 238. The second-order valence-electron chi connectivity index (χ2n) is 2.93. The Morgan fingerprint density at radius 3 is 3.00 bits per heavy atom. The molecule has 1 aliphatic rings. The van der Waals surface area contributed by atoms with Crippen molar-refractivity contribution < 1.29 is 0 Å². The first-order valence-corrected chi connectivity index (χ1v) is 4.31. The normalized spacial score (nSPS) is 24.3. The maximum Gasteiger partial charge on any atom is 0.106 e. The van der Waals surface area contributed by atoms with Crippen LogP contribution in [0.5, 0.6) is 0 Å². The standard InChI is InChI=1S/C8H11ClN2/c9-8-4-6(5-11-8)7-2-1-3-10-7/h4-5,7,10-11H,1-3H2. The van der Waals surface area contributed by atoms with Crippen molar-refractivity contribution in [2.45, 2.75) is 18.9 Å². The van der Waals surface area contributed by atoms with Crippen LogP contribution in [0.4, 0.5) is 0 Å². The summed E-state index contributed by atoms with van der Waals surface area (Å²) < 4.78 is 0. The van der Waals surface area contributed by atoms with Crippen LogP contribution in [0.3, 0.4) is 0 Å². The molecule has 1 aromatic heterocycles. The Hall–Kier alpha value is -0.470. The molecule has 1 aromatic rings. The molecule has 3 heteroatoms. The highest BCUT2D eigenvalue weighted by Crippen LogP contribution is 2.24. The zero-order chi connectivity index (χ0) is 7.68. The molecule has 11 heavy (non-hydrogen) atoms. The van der Waals surface area contributed by atoms with Gasteiger partial charge < -0.3 is 10.3 Å². The highest BCUT2D eigenvalue weighted by Gasteiger charge is 2.16.